The van der Waals surface area contributed by atoms with Gasteiger partial charge in [0, 0.05) is 6.54 Å². The minimum absolute atomic E-state index is 0. The highest BCUT2D eigenvalue weighted by atomic mass is 35.5. The van der Waals surface area contributed by atoms with E-state index in [4.69, 9.17) is 4.74 Å². The molecule has 0 radical (unpaired) electrons. The Kier molecular flexibility index (Phi) is 5.72. The molecular weight excluding hydrogens is 367 g/mol. The number of rotatable bonds is 4. The van der Waals surface area contributed by atoms with E-state index >= 15 is 0 Å². The zero-order valence-electron chi connectivity index (χ0n) is 15.3. The smallest absolute Gasteiger partial charge is 0.235 e. The number of anilines is 1. The average molecular weight is 391 g/mol. The van der Waals surface area contributed by atoms with E-state index < -0.39 is 5.41 Å². The highest BCUT2D eigenvalue weighted by molar-refractivity contribution is 6.00. The summed E-state index contributed by atoms with van der Waals surface area (Å²) in [7, 11) is 1.62. The quantitative estimate of drug-likeness (QED) is 0.830. The lowest BCUT2D eigenvalue weighted by Crippen LogP contribution is -2.46. The van der Waals surface area contributed by atoms with E-state index in [0.29, 0.717) is 18.5 Å². The van der Waals surface area contributed by atoms with Crippen LogP contribution in [0.1, 0.15) is 36.0 Å². The van der Waals surface area contributed by atoms with E-state index in [0.717, 1.165) is 42.7 Å². The van der Waals surface area contributed by atoms with Crippen LogP contribution in [0.3, 0.4) is 0 Å². The summed E-state index contributed by atoms with van der Waals surface area (Å²) in [6.45, 7) is 1.44. The average Bonchev–Trinajstić information content (AvgIpc) is 2.64. The summed E-state index contributed by atoms with van der Waals surface area (Å²) in [5, 5.41) is 6.10. The van der Waals surface area contributed by atoms with E-state index in [1.54, 1.807) is 13.2 Å². The molecule has 4 nitrogen and oxygen atoms in total. The van der Waals surface area contributed by atoms with Gasteiger partial charge in [-0.1, -0.05) is 24.6 Å². The van der Waals surface area contributed by atoms with Crippen molar-refractivity contribution in [1.82, 2.24) is 5.32 Å². The summed E-state index contributed by atoms with van der Waals surface area (Å²) in [5.74, 6) is 0.348. The molecule has 144 valence electrons. The Labute approximate surface area is 164 Å². The summed E-state index contributed by atoms with van der Waals surface area (Å²) in [6, 6.07) is 11.2. The standard InChI is InChI=1S/C21H23FN2O2.ClH/c1-26-16-6-4-15(5-7-16)21(10-2-11-21)20(25)24-18-8-3-14-13-23-12-9-17(14)19(18)22;/h3-8,23H,2,9-13H2,1H3,(H,24,25);1H. The third kappa shape index (κ3) is 3.42. The Morgan fingerprint density at radius 3 is 2.56 bits per heavy atom. The minimum atomic E-state index is -0.573. The van der Waals surface area contributed by atoms with Crippen molar-refractivity contribution in [2.75, 3.05) is 19.0 Å². The Morgan fingerprint density at radius 1 is 1.19 bits per heavy atom. The van der Waals surface area contributed by atoms with Crippen molar-refractivity contribution < 1.29 is 13.9 Å². The van der Waals surface area contributed by atoms with Crippen LogP contribution in [0.4, 0.5) is 10.1 Å². The van der Waals surface area contributed by atoms with Gasteiger partial charge in [0.2, 0.25) is 5.91 Å². The monoisotopic (exact) mass is 390 g/mol. The number of nitrogens with one attached hydrogen (secondary N) is 2. The number of halogens is 2. The number of hydrogen-bond acceptors (Lipinski definition) is 3. The van der Waals surface area contributed by atoms with Crippen molar-refractivity contribution in [3.05, 3.63) is 58.9 Å². The zero-order chi connectivity index (χ0) is 18.1. The lowest BCUT2D eigenvalue weighted by molar-refractivity contribution is -0.124. The van der Waals surface area contributed by atoms with Gasteiger partial charge >= 0.3 is 0 Å². The molecule has 1 aliphatic carbocycles. The van der Waals surface area contributed by atoms with Crippen molar-refractivity contribution >= 4 is 24.0 Å². The van der Waals surface area contributed by atoms with E-state index in [1.165, 1.54) is 0 Å². The predicted molar refractivity (Wildman–Crippen MR) is 106 cm³/mol. The van der Waals surface area contributed by atoms with Crippen LogP contribution >= 0.6 is 12.4 Å². The molecule has 0 atom stereocenters. The number of benzene rings is 2. The minimum Gasteiger partial charge on any atom is -0.497 e. The van der Waals surface area contributed by atoms with Gasteiger partial charge in [-0.2, -0.15) is 0 Å². The highest BCUT2D eigenvalue weighted by Gasteiger charge is 2.45. The molecule has 4 rings (SSSR count). The molecule has 2 aromatic rings. The second kappa shape index (κ2) is 7.87. The molecule has 0 unspecified atom stereocenters. The first-order valence-electron chi connectivity index (χ1n) is 9.11. The van der Waals surface area contributed by atoms with Crippen molar-refractivity contribution in [3.8, 4) is 5.75 Å². The van der Waals surface area contributed by atoms with Crippen LogP contribution in [0.5, 0.6) is 5.75 Å². The lowest BCUT2D eigenvalue weighted by Gasteiger charge is -2.40. The van der Waals surface area contributed by atoms with Gasteiger partial charge in [-0.25, -0.2) is 4.39 Å². The maximum absolute atomic E-state index is 14.9. The number of methoxy groups -OCH3 is 1. The lowest BCUT2D eigenvalue weighted by atomic mass is 9.63. The molecule has 2 aliphatic rings. The molecule has 6 heteroatoms. The largest absolute Gasteiger partial charge is 0.497 e. The van der Waals surface area contributed by atoms with Gasteiger partial charge in [-0.15, -0.1) is 12.4 Å². The van der Waals surface area contributed by atoms with Crippen LogP contribution < -0.4 is 15.4 Å². The fraction of sp³-hybridized carbons (Fsp3) is 0.381. The maximum Gasteiger partial charge on any atom is 0.235 e. The summed E-state index contributed by atoms with van der Waals surface area (Å²) < 4.78 is 20.1. The molecule has 0 spiro atoms. The first kappa shape index (κ1) is 19.6. The first-order valence-corrected chi connectivity index (χ1v) is 9.11. The van der Waals surface area contributed by atoms with Gasteiger partial charge in [0.05, 0.1) is 18.2 Å². The van der Waals surface area contributed by atoms with Crippen molar-refractivity contribution in [3.63, 3.8) is 0 Å². The molecule has 0 aromatic heterocycles. The summed E-state index contributed by atoms with van der Waals surface area (Å²) in [5.41, 5.74) is 2.37. The second-order valence-corrected chi connectivity index (χ2v) is 7.11. The fourth-order valence-electron chi connectivity index (χ4n) is 3.96. The zero-order valence-corrected chi connectivity index (χ0v) is 16.1. The molecule has 1 aliphatic heterocycles. The summed E-state index contributed by atoms with van der Waals surface area (Å²) in [6.07, 6.45) is 3.20. The second-order valence-electron chi connectivity index (χ2n) is 7.11. The van der Waals surface area contributed by atoms with Crippen LogP contribution in [0.15, 0.2) is 36.4 Å². The molecule has 0 bridgehead atoms. The van der Waals surface area contributed by atoms with Crippen molar-refractivity contribution in [2.45, 2.75) is 37.6 Å². The Hall–Kier alpha value is -2.11. The number of ether oxygens (including phenoxy) is 1. The van der Waals surface area contributed by atoms with E-state index in [1.807, 2.05) is 30.3 Å². The van der Waals surface area contributed by atoms with E-state index in [-0.39, 0.29) is 29.8 Å². The predicted octanol–water partition coefficient (Wildman–Crippen LogP) is 3.96. The molecule has 1 amide bonds. The Morgan fingerprint density at radius 2 is 1.93 bits per heavy atom. The number of carbonyl (C=O) groups excluding carboxylic acids is 1. The normalized spacial score (nSPS) is 17.1. The molecule has 0 saturated heterocycles. The Balaban J connectivity index is 0.00000210. The van der Waals surface area contributed by atoms with E-state index in [2.05, 4.69) is 10.6 Å². The van der Waals surface area contributed by atoms with Crippen molar-refractivity contribution in [2.24, 2.45) is 0 Å². The SMILES string of the molecule is COc1ccc(C2(C(=O)Nc3ccc4c(c3F)CCNC4)CCC2)cc1.Cl. The maximum atomic E-state index is 14.9. The molecule has 1 fully saturated rings. The van der Waals surface area contributed by atoms with Crippen molar-refractivity contribution in [1.29, 1.82) is 0 Å². The van der Waals surface area contributed by atoms with Gasteiger partial charge in [0.1, 0.15) is 11.6 Å². The molecule has 2 aromatic carbocycles. The van der Waals surface area contributed by atoms with Gasteiger partial charge in [-0.3, -0.25) is 4.79 Å². The molecule has 1 saturated carbocycles. The number of hydrogen-bond donors (Lipinski definition) is 2. The Bertz CT molecular complexity index is 835. The fourth-order valence-corrected chi connectivity index (χ4v) is 3.96. The van der Waals surface area contributed by atoms with Gasteiger partial charge in [0.25, 0.3) is 0 Å². The molecule has 1 heterocycles. The van der Waals surface area contributed by atoms with Crippen LogP contribution in [0, 0.1) is 5.82 Å². The van der Waals surface area contributed by atoms with Crippen LogP contribution in [-0.4, -0.2) is 19.6 Å². The van der Waals surface area contributed by atoms with Crippen LogP contribution in [-0.2, 0) is 23.2 Å². The van der Waals surface area contributed by atoms with Gasteiger partial charge in [-0.05, 0) is 60.7 Å². The number of amides is 1. The molecular formula is C21H24ClFN2O2. The van der Waals surface area contributed by atoms with Gasteiger partial charge in [0.15, 0.2) is 0 Å². The van der Waals surface area contributed by atoms with Crippen LogP contribution in [0.25, 0.3) is 0 Å². The molecule has 27 heavy (non-hydrogen) atoms. The van der Waals surface area contributed by atoms with E-state index in [9.17, 15) is 9.18 Å². The third-order valence-electron chi connectivity index (χ3n) is 5.74. The summed E-state index contributed by atoms with van der Waals surface area (Å²) in [4.78, 5) is 13.1. The third-order valence-corrected chi connectivity index (χ3v) is 5.74. The first-order chi connectivity index (χ1) is 12.6. The number of fused-ring (bicyclic) bond motifs is 1. The summed E-state index contributed by atoms with van der Waals surface area (Å²) >= 11 is 0. The molecule has 2 N–H and O–H groups in total. The topological polar surface area (TPSA) is 50.4 Å². The van der Waals surface area contributed by atoms with Crippen LogP contribution in [0.2, 0.25) is 0 Å². The van der Waals surface area contributed by atoms with Gasteiger partial charge < -0.3 is 15.4 Å². The number of carbonyl (C=O) groups is 1. The highest BCUT2D eigenvalue weighted by Crippen LogP contribution is 2.45.